The van der Waals surface area contributed by atoms with Crippen molar-refractivity contribution in [2.24, 2.45) is 0 Å². The van der Waals surface area contributed by atoms with E-state index in [0.717, 1.165) is 0 Å². The van der Waals surface area contributed by atoms with Crippen molar-refractivity contribution in [3.63, 3.8) is 0 Å². The van der Waals surface area contributed by atoms with Crippen molar-refractivity contribution in [2.45, 2.75) is 32.6 Å². The van der Waals surface area contributed by atoms with Gasteiger partial charge in [0.1, 0.15) is 0 Å². The third kappa shape index (κ3) is 4.97. The predicted octanol–water partition coefficient (Wildman–Crippen LogP) is 0.536. The summed E-state index contributed by atoms with van der Waals surface area (Å²) in [6, 6.07) is 10.7. The van der Waals surface area contributed by atoms with Crippen molar-refractivity contribution in [2.75, 3.05) is 0 Å². The molecule has 0 unspecified atom stereocenters. The predicted molar refractivity (Wildman–Crippen MR) is 50.8 cm³/mol. The Morgan fingerprint density at radius 2 is 1.75 bits per heavy atom. The van der Waals surface area contributed by atoms with Gasteiger partial charge in [0.2, 0.25) is 0 Å². The van der Waals surface area contributed by atoms with Gasteiger partial charge in [0.15, 0.2) is 0 Å². The molecule has 0 saturated heterocycles. The fourth-order valence-corrected chi connectivity index (χ4v) is 1.22. The van der Waals surface area contributed by atoms with Crippen LogP contribution in [0.2, 0.25) is 0 Å². The Morgan fingerprint density at radius 1 is 1.08 bits per heavy atom. The molecule has 0 N–H and O–H groups in total. The number of hydrogen-bond donors (Lipinski definition) is 0. The van der Waals surface area contributed by atoms with Crippen LogP contribution in [0.3, 0.4) is 0 Å². The maximum absolute atomic E-state index is 2.24. The molecule has 0 aliphatic heterocycles. The van der Waals surface area contributed by atoms with E-state index in [1.165, 1.54) is 31.2 Å². The van der Waals surface area contributed by atoms with Gasteiger partial charge in [-0.1, -0.05) is 50.1 Å². The van der Waals surface area contributed by atoms with Crippen molar-refractivity contribution in [3.05, 3.63) is 35.9 Å². The van der Waals surface area contributed by atoms with E-state index in [9.17, 15) is 0 Å². The van der Waals surface area contributed by atoms with Crippen LogP contribution in [0.1, 0.15) is 33.2 Å². The Hall–Kier alpha value is 0.220. The fraction of sp³-hybridized carbons (Fsp3) is 0.455. The second-order valence-electron chi connectivity index (χ2n) is 2.94. The largest absolute Gasteiger partial charge is 1.00 e. The summed E-state index contributed by atoms with van der Waals surface area (Å²) in [5, 5.41) is 0. The Morgan fingerprint density at radius 3 is 2.33 bits per heavy atom. The summed E-state index contributed by atoms with van der Waals surface area (Å²) < 4.78 is 0. The van der Waals surface area contributed by atoms with Crippen LogP contribution in [0.15, 0.2) is 30.3 Å². The van der Waals surface area contributed by atoms with E-state index in [1.54, 1.807) is 0 Å². The van der Waals surface area contributed by atoms with Crippen LogP contribution in [0, 0.1) is 0 Å². The SMILES string of the molecule is CCCCCc1ccccc1.[H-].[Na+]. The van der Waals surface area contributed by atoms with Gasteiger partial charge < -0.3 is 1.43 Å². The monoisotopic (exact) mass is 172 g/mol. The number of benzene rings is 1. The van der Waals surface area contributed by atoms with Crippen LogP contribution in [0.5, 0.6) is 0 Å². The molecule has 0 aliphatic rings. The maximum atomic E-state index is 2.24. The summed E-state index contributed by atoms with van der Waals surface area (Å²) in [6.45, 7) is 2.24. The number of rotatable bonds is 4. The molecular weight excluding hydrogens is 155 g/mol. The minimum Gasteiger partial charge on any atom is -1.00 e. The molecule has 0 bridgehead atoms. The zero-order chi connectivity index (χ0) is 7.94. The first-order valence-corrected chi connectivity index (χ1v) is 4.47. The van der Waals surface area contributed by atoms with E-state index in [1.807, 2.05) is 0 Å². The van der Waals surface area contributed by atoms with Crippen LogP contribution < -0.4 is 29.6 Å². The van der Waals surface area contributed by atoms with E-state index in [-0.39, 0.29) is 31.0 Å². The normalized spacial score (nSPS) is 9.08. The topological polar surface area (TPSA) is 0 Å². The molecule has 1 rings (SSSR count). The molecule has 0 nitrogen and oxygen atoms in total. The van der Waals surface area contributed by atoms with Gasteiger partial charge in [0.05, 0.1) is 0 Å². The quantitative estimate of drug-likeness (QED) is 0.459. The smallest absolute Gasteiger partial charge is 1.00 e. The van der Waals surface area contributed by atoms with Crippen molar-refractivity contribution in [3.8, 4) is 0 Å². The standard InChI is InChI=1S/C11H16.Na.H/c1-2-3-5-8-11-9-6-4-7-10-11;;/h4,6-7,9-10H,2-3,5,8H2,1H3;;/q;+1;-1. The first-order valence-electron chi connectivity index (χ1n) is 4.47. The van der Waals surface area contributed by atoms with Gasteiger partial charge in [0.25, 0.3) is 0 Å². The first-order chi connectivity index (χ1) is 5.43. The van der Waals surface area contributed by atoms with E-state index in [0.29, 0.717) is 0 Å². The first kappa shape index (κ1) is 12.2. The Balaban J connectivity index is 0. The van der Waals surface area contributed by atoms with Crippen molar-refractivity contribution in [1.29, 1.82) is 0 Å². The number of unbranched alkanes of at least 4 members (excludes halogenated alkanes) is 2. The zero-order valence-corrected chi connectivity index (χ0v) is 10.2. The summed E-state index contributed by atoms with van der Waals surface area (Å²) in [5.74, 6) is 0. The van der Waals surface area contributed by atoms with E-state index >= 15 is 0 Å². The van der Waals surface area contributed by atoms with Gasteiger partial charge in [-0.15, -0.1) is 0 Å². The molecule has 0 radical (unpaired) electrons. The molecule has 1 aromatic rings. The molecular formula is C11H17Na. The van der Waals surface area contributed by atoms with Gasteiger partial charge in [-0.05, 0) is 18.4 Å². The van der Waals surface area contributed by atoms with Crippen LogP contribution >= 0.6 is 0 Å². The third-order valence-electron chi connectivity index (χ3n) is 1.91. The van der Waals surface area contributed by atoms with Crippen LogP contribution in [0.25, 0.3) is 0 Å². The van der Waals surface area contributed by atoms with Crippen molar-refractivity contribution >= 4 is 0 Å². The molecule has 62 valence electrons. The van der Waals surface area contributed by atoms with Crippen molar-refractivity contribution in [1.82, 2.24) is 0 Å². The second kappa shape index (κ2) is 7.85. The summed E-state index contributed by atoms with van der Waals surface area (Å²) in [7, 11) is 0. The molecule has 0 atom stereocenters. The molecule has 1 aromatic carbocycles. The van der Waals surface area contributed by atoms with Crippen LogP contribution in [0.4, 0.5) is 0 Å². The molecule has 12 heavy (non-hydrogen) atoms. The second-order valence-corrected chi connectivity index (χ2v) is 2.94. The summed E-state index contributed by atoms with van der Waals surface area (Å²) in [4.78, 5) is 0. The Labute approximate surface area is 99.2 Å². The van der Waals surface area contributed by atoms with Crippen molar-refractivity contribution < 1.29 is 31.0 Å². The average molecular weight is 172 g/mol. The average Bonchev–Trinajstić information content (AvgIpc) is 2.07. The van der Waals surface area contributed by atoms with Gasteiger partial charge in [-0.25, -0.2) is 0 Å². The van der Waals surface area contributed by atoms with Gasteiger partial charge in [-0.3, -0.25) is 0 Å². The Bertz CT molecular complexity index is 187. The minimum atomic E-state index is 0. The molecule has 0 amide bonds. The minimum absolute atomic E-state index is 0. The Kier molecular flexibility index (Phi) is 7.99. The molecule has 1 heteroatoms. The summed E-state index contributed by atoms with van der Waals surface area (Å²) in [5.41, 5.74) is 1.47. The van der Waals surface area contributed by atoms with E-state index in [4.69, 9.17) is 0 Å². The summed E-state index contributed by atoms with van der Waals surface area (Å²) in [6.07, 6.45) is 5.25. The zero-order valence-electron chi connectivity index (χ0n) is 9.22. The fourth-order valence-electron chi connectivity index (χ4n) is 1.22. The number of aryl methyl sites for hydroxylation is 1. The molecule has 0 aromatic heterocycles. The van der Waals surface area contributed by atoms with E-state index in [2.05, 4.69) is 37.3 Å². The van der Waals surface area contributed by atoms with Crippen LogP contribution in [-0.4, -0.2) is 0 Å². The van der Waals surface area contributed by atoms with Crippen LogP contribution in [-0.2, 0) is 6.42 Å². The summed E-state index contributed by atoms with van der Waals surface area (Å²) >= 11 is 0. The number of hydrogen-bond acceptors (Lipinski definition) is 0. The molecule has 0 aliphatic carbocycles. The van der Waals surface area contributed by atoms with Gasteiger partial charge >= 0.3 is 29.6 Å². The van der Waals surface area contributed by atoms with Gasteiger partial charge in [0, 0.05) is 0 Å². The molecule has 0 saturated carbocycles. The third-order valence-corrected chi connectivity index (χ3v) is 1.91. The molecule has 0 spiro atoms. The molecule has 0 heterocycles. The molecule has 0 fully saturated rings. The maximum Gasteiger partial charge on any atom is 1.00 e. The van der Waals surface area contributed by atoms with Gasteiger partial charge in [-0.2, -0.15) is 0 Å². The van der Waals surface area contributed by atoms with E-state index < -0.39 is 0 Å².